The highest BCUT2D eigenvalue weighted by Crippen LogP contribution is 2.36. The molecule has 0 aliphatic heterocycles. The fourth-order valence-electron chi connectivity index (χ4n) is 2.39. The fraction of sp³-hybridized carbons (Fsp3) is 0.0588. The topological polar surface area (TPSA) is 30.9 Å². The van der Waals surface area contributed by atoms with Crippen molar-refractivity contribution in [1.82, 2.24) is 4.57 Å². The minimum atomic E-state index is -2.86. The summed E-state index contributed by atoms with van der Waals surface area (Å²) < 4.78 is 55.4. The molecule has 2 N–H and O–H groups in total. The molecule has 0 aliphatic rings. The minimum absolute atomic E-state index is 0.188. The number of nitrogens with zero attached hydrogens (tertiary/aromatic N) is 1. The summed E-state index contributed by atoms with van der Waals surface area (Å²) in [6.07, 6.45) is -1.82. The van der Waals surface area contributed by atoms with E-state index in [9.17, 15) is 17.6 Å². The lowest BCUT2D eigenvalue weighted by molar-refractivity contribution is 0.152. The largest absolute Gasteiger partial charge is 0.399 e. The van der Waals surface area contributed by atoms with Crippen LogP contribution < -0.4 is 5.73 Å². The van der Waals surface area contributed by atoms with E-state index >= 15 is 0 Å². The molecule has 2 nitrogen and oxygen atoms in total. The Labute approximate surface area is 129 Å². The Kier molecular flexibility index (Phi) is 3.82. The van der Waals surface area contributed by atoms with E-state index in [1.165, 1.54) is 24.3 Å². The van der Waals surface area contributed by atoms with Crippen molar-refractivity contribution in [3.63, 3.8) is 0 Å². The molecule has 0 unspecified atom stereocenters. The second kappa shape index (κ2) is 5.79. The van der Waals surface area contributed by atoms with E-state index in [0.717, 1.165) is 22.9 Å². The molecule has 0 amide bonds. The van der Waals surface area contributed by atoms with Crippen molar-refractivity contribution in [2.45, 2.75) is 6.43 Å². The van der Waals surface area contributed by atoms with Crippen molar-refractivity contribution in [3.05, 3.63) is 72.1 Å². The number of nitrogens with two attached hydrogens (primary N) is 1. The molecule has 0 saturated carbocycles. The number of rotatable bonds is 3. The van der Waals surface area contributed by atoms with E-state index in [0.29, 0.717) is 11.4 Å². The predicted octanol–water partition coefficient (Wildman–Crippen LogP) is 4.94. The second-order valence-electron chi connectivity index (χ2n) is 5.02. The van der Waals surface area contributed by atoms with Crippen LogP contribution in [-0.2, 0) is 0 Å². The zero-order valence-corrected chi connectivity index (χ0v) is 11.8. The summed E-state index contributed by atoms with van der Waals surface area (Å²) in [5, 5.41) is 0. The highest BCUT2D eigenvalue weighted by Gasteiger charge is 2.24. The zero-order valence-electron chi connectivity index (χ0n) is 11.8. The average Bonchev–Trinajstić information content (AvgIpc) is 2.87. The highest BCUT2D eigenvalue weighted by molar-refractivity contribution is 5.69. The second-order valence-corrected chi connectivity index (χ2v) is 5.02. The summed E-state index contributed by atoms with van der Waals surface area (Å²) in [6, 6.07) is 10.9. The van der Waals surface area contributed by atoms with Gasteiger partial charge in [-0.1, -0.05) is 12.1 Å². The minimum Gasteiger partial charge on any atom is -0.399 e. The van der Waals surface area contributed by atoms with Gasteiger partial charge in [0.1, 0.15) is 5.82 Å². The maximum absolute atomic E-state index is 14.7. The number of anilines is 1. The Bertz CT molecular complexity index is 821. The lowest BCUT2D eigenvalue weighted by Crippen LogP contribution is -1.97. The summed E-state index contributed by atoms with van der Waals surface area (Å²) in [5.74, 6) is -1.36. The molecule has 1 aromatic heterocycles. The number of alkyl halides is 2. The summed E-state index contributed by atoms with van der Waals surface area (Å²) in [7, 11) is 0. The molecule has 1 heterocycles. The first-order valence-corrected chi connectivity index (χ1v) is 6.78. The third kappa shape index (κ3) is 2.79. The molecule has 3 rings (SSSR count). The third-order valence-corrected chi connectivity index (χ3v) is 3.51. The average molecular weight is 320 g/mol. The van der Waals surface area contributed by atoms with Crippen LogP contribution in [0.15, 0.2) is 54.7 Å². The molecule has 6 heteroatoms. The van der Waals surface area contributed by atoms with Gasteiger partial charge in [-0.2, -0.15) is 4.39 Å². The predicted molar refractivity (Wildman–Crippen MR) is 80.5 cm³/mol. The van der Waals surface area contributed by atoms with Crippen LogP contribution >= 0.6 is 0 Å². The van der Waals surface area contributed by atoms with Gasteiger partial charge >= 0.3 is 0 Å². The van der Waals surface area contributed by atoms with Crippen molar-refractivity contribution < 1.29 is 17.6 Å². The van der Waals surface area contributed by atoms with Crippen molar-refractivity contribution in [3.8, 4) is 16.8 Å². The maximum Gasteiger partial charge on any atom is 0.266 e. The first-order chi connectivity index (χ1) is 11.0. The van der Waals surface area contributed by atoms with Gasteiger partial charge in [0.25, 0.3) is 6.43 Å². The van der Waals surface area contributed by atoms with Gasteiger partial charge in [0.2, 0.25) is 5.95 Å². The van der Waals surface area contributed by atoms with Gasteiger partial charge in [0.15, 0.2) is 0 Å². The lowest BCUT2D eigenvalue weighted by Gasteiger charge is -2.05. The van der Waals surface area contributed by atoms with Crippen molar-refractivity contribution in [2.24, 2.45) is 0 Å². The van der Waals surface area contributed by atoms with Crippen LogP contribution in [0.5, 0.6) is 0 Å². The van der Waals surface area contributed by atoms with Gasteiger partial charge in [0.05, 0.1) is 0 Å². The molecule has 0 spiro atoms. The van der Waals surface area contributed by atoms with Crippen molar-refractivity contribution in [1.29, 1.82) is 0 Å². The van der Waals surface area contributed by atoms with E-state index < -0.39 is 23.8 Å². The molecular weight excluding hydrogens is 308 g/mol. The maximum atomic E-state index is 14.7. The van der Waals surface area contributed by atoms with Crippen molar-refractivity contribution >= 4 is 5.69 Å². The van der Waals surface area contributed by atoms with Crippen LogP contribution in [-0.4, -0.2) is 4.57 Å². The Morgan fingerprint density at radius 3 is 2.04 bits per heavy atom. The molecule has 0 saturated heterocycles. The van der Waals surface area contributed by atoms with Crippen LogP contribution in [0.1, 0.15) is 12.0 Å². The quantitative estimate of drug-likeness (QED) is 0.538. The van der Waals surface area contributed by atoms with Gasteiger partial charge in [0, 0.05) is 28.7 Å². The summed E-state index contributed by atoms with van der Waals surface area (Å²) in [6.45, 7) is 0. The summed E-state index contributed by atoms with van der Waals surface area (Å²) in [5.41, 5.74) is 5.92. The normalized spacial score (nSPS) is 11.2. The molecule has 0 atom stereocenters. The number of hydrogen-bond acceptors (Lipinski definition) is 1. The van der Waals surface area contributed by atoms with E-state index in [1.807, 2.05) is 0 Å². The number of aromatic nitrogens is 1. The zero-order chi connectivity index (χ0) is 16.6. The summed E-state index contributed by atoms with van der Waals surface area (Å²) >= 11 is 0. The smallest absolute Gasteiger partial charge is 0.266 e. The van der Waals surface area contributed by atoms with Gasteiger partial charge in [-0.3, -0.25) is 4.57 Å². The van der Waals surface area contributed by atoms with E-state index in [1.54, 1.807) is 12.1 Å². The monoisotopic (exact) mass is 320 g/mol. The van der Waals surface area contributed by atoms with Crippen LogP contribution in [0.4, 0.5) is 23.2 Å². The van der Waals surface area contributed by atoms with Crippen molar-refractivity contribution in [2.75, 3.05) is 5.73 Å². The number of nitrogen functional groups attached to an aromatic ring is 1. The number of hydrogen-bond donors (Lipinski definition) is 1. The summed E-state index contributed by atoms with van der Waals surface area (Å²) in [4.78, 5) is 0. The van der Waals surface area contributed by atoms with Crippen LogP contribution in [0.25, 0.3) is 16.8 Å². The van der Waals surface area contributed by atoms with Gasteiger partial charge < -0.3 is 5.73 Å². The van der Waals surface area contributed by atoms with Gasteiger partial charge in [-0.05, 0) is 42.0 Å². The molecule has 0 aliphatic carbocycles. The standard InChI is InChI=1S/C17H12F4N2/c18-11-3-1-10(2-4-11)15-14(16(19)20)9-23(17(15)21)13-7-5-12(22)6-8-13/h1-9,16H,22H2. The lowest BCUT2D eigenvalue weighted by atomic mass is 10.0. The van der Waals surface area contributed by atoms with E-state index in [4.69, 9.17) is 5.73 Å². The molecular formula is C17H12F4N2. The Hall–Kier alpha value is -2.76. The first-order valence-electron chi connectivity index (χ1n) is 6.78. The van der Waals surface area contributed by atoms with Crippen LogP contribution in [0, 0.1) is 11.8 Å². The molecule has 2 aromatic carbocycles. The molecule has 118 valence electrons. The van der Waals surface area contributed by atoms with Gasteiger partial charge in [-0.25, -0.2) is 13.2 Å². The third-order valence-electron chi connectivity index (χ3n) is 3.51. The molecule has 23 heavy (non-hydrogen) atoms. The van der Waals surface area contributed by atoms with E-state index in [2.05, 4.69) is 0 Å². The fourth-order valence-corrected chi connectivity index (χ4v) is 2.39. The SMILES string of the molecule is Nc1ccc(-n2cc(C(F)F)c(-c3ccc(F)cc3)c2F)cc1. The van der Waals surface area contributed by atoms with Gasteiger partial charge in [-0.15, -0.1) is 0 Å². The number of benzene rings is 2. The Morgan fingerprint density at radius 1 is 0.870 bits per heavy atom. The van der Waals surface area contributed by atoms with E-state index in [-0.39, 0.29) is 11.1 Å². The Morgan fingerprint density at radius 2 is 1.48 bits per heavy atom. The van der Waals surface area contributed by atoms with Crippen LogP contribution in [0.2, 0.25) is 0 Å². The Balaban J connectivity index is 2.19. The molecule has 3 aromatic rings. The first kappa shape index (κ1) is 15.1. The number of halogens is 4. The molecule has 0 fully saturated rings. The van der Waals surface area contributed by atoms with Crippen LogP contribution in [0.3, 0.4) is 0 Å². The molecule has 0 radical (unpaired) electrons. The highest BCUT2D eigenvalue weighted by atomic mass is 19.3. The molecule has 0 bridgehead atoms.